The molecule has 0 fully saturated rings. The minimum Gasteiger partial charge on any atom is -0.480 e. The predicted molar refractivity (Wildman–Crippen MR) is 75.0 cm³/mol. The molecule has 1 unspecified atom stereocenters. The largest absolute Gasteiger partial charge is 0.480 e. The molecule has 0 aliphatic carbocycles. The molecule has 0 radical (unpaired) electrons. The van der Waals surface area contributed by atoms with Crippen LogP contribution >= 0.6 is 0 Å². The molecule has 1 atom stereocenters. The van der Waals surface area contributed by atoms with Crippen LogP contribution in [0.2, 0.25) is 0 Å². The van der Waals surface area contributed by atoms with E-state index in [1.807, 2.05) is 0 Å². The number of carboxylic acid groups (broad SMARTS) is 1. The summed E-state index contributed by atoms with van der Waals surface area (Å²) in [6, 6.07) is 0.0841. The lowest BCUT2D eigenvalue weighted by atomic mass is 9.87. The molecule has 21 heavy (non-hydrogen) atoms. The molecule has 1 rings (SSSR count). The van der Waals surface area contributed by atoms with Gasteiger partial charge in [-0.15, -0.1) is 0 Å². The summed E-state index contributed by atoms with van der Waals surface area (Å²) in [5.41, 5.74) is -1.79. The van der Waals surface area contributed by atoms with E-state index in [2.05, 4.69) is 5.32 Å². The second-order valence-electron chi connectivity index (χ2n) is 5.83. The molecule has 1 aromatic heterocycles. The number of nitrogens with zero attached hydrogens (tertiary/aromatic N) is 2. The second kappa shape index (κ2) is 5.94. The Morgan fingerprint density at radius 2 is 1.90 bits per heavy atom. The van der Waals surface area contributed by atoms with Crippen LogP contribution < -0.4 is 16.6 Å². The van der Waals surface area contributed by atoms with Gasteiger partial charge in [-0.25, -0.2) is 9.59 Å². The highest BCUT2D eigenvalue weighted by Crippen LogP contribution is 2.19. The molecule has 1 heterocycles. The van der Waals surface area contributed by atoms with Gasteiger partial charge in [0.2, 0.25) is 5.91 Å². The average Bonchev–Trinajstić information content (AvgIpc) is 2.35. The van der Waals surface area contributed by atoms with Crippen LogP contribution in [0.25, 0.3) is 0 Å². The van der Waals surface area contributed by atoms with Crippen molar-refractivity contribution in [2.24, 2.45) is 12.5 Å². The van der Waals surface area contributed by atoms with Crippen molar-refractivity contribution in [3.8, 4) is 0 Å². The SMILES string of the molecule is Cn1c(=O)ccn(CC(=O)NC(C(=O)O)C(C)(C)C)c1=O. The van der Waals surface area contributed by atoms with Crippen LogP contribution in [0.5, 0.6) is 0 Å². The van der Waals surface area contributed by atoms with Gasteiger partial charge in [0.15, 0.2) is 0 Å². The molecule has 0 saturated heterocycles. The van der Waals surface area contributed by atoms with Gasteiger partial charge in [0, 0.05) is 19.3 Å². The molecule has 0 spiro atoms. The maximum atomic E-state index is 11.9. The Labute approximate surface area is 121 Å². The third-order valence-electron chi connectivity index (χ3n) is 2.99. The van der Waals surface area contributed by atoms with E-state index in [1.165, 1.54) is 13.2 Å². The Morgan fingerprint density at radius 1 is 1.33 bits per heavy atom. The molecule has 0 bridgehead atoms. The first-order valence-electron chi connectivity index (χ1n) is 6.32. The number of rotatable bonds is 4. The van der Waals surface area contributed by atoms with Crippen LogP contribution in [0.15, 0.2) is 21.9 Å². The molecule has 0 aromatic carbocycles. The van der Waals surface area contributed by atoms with E-state index in [4.69, 9.17) is 5.11 Å². The van der Waals surface area contributed by atoms with E-state index in [1.54, 1.807) is 20.8 Å². The van der Waals surface area contributed by atoms with Crippen molar-refractivity contribution in [1.82, 2.24) is 14.5 Å². The lowest BCUT2D eigenvalue weighted by molar-refractivity contribution is -0.145. The molecule has 1 aromatic rings. The zero-order valence-corrected chi connectivity index (χ0v) is 12.4. The molecular formula is C13H19N3O5. The first-order chi connectivity index (χ1) is 9.54. The van der Waals surface area contributed by atoms with Gasteiger partial charge in [0.05, 0.1) is 0 Å². The topological polar surface area (TPSA) is 110 Å². The number of hydrogen-bond acceptors (Lipinski definition) is 4. The summed E-state index contributed by atoms with van der Waals surface area (Å²) in [5.74, 6) is -1.76. The number of hydrogen-bond donors (Lipinski definition) is 2. The molecule has 8 nitrogen and oxygen atoms in total. The Kier molecular flexibility index (Phi) is 4.72. The summed E-state index contributed by atoms with van der Waals surface area (Å²) >= 11 is 0. The van der Waals surface area contributed by atoms with E-state index in [0.29, 0.717) is 0 Å². The quantitative estimate of drug-likeness (QED) is 0.753. The maximum Gasteiger partial charge on any atom is 0.331 e. The van der Waals surface area contributed by atoms with Crippen molar-refractivity contribution in [3.63, 3.8) is 0 Å². The first kappa shape index (κ1) is 16.7. The van der Waals surface area contributed by atoms with Gasteiger partial charge in [-0.3, -0.25) is 18.7 Å². The minimum atomic E-state index is -1.15. The highest BCUT2D eigenvalue weighted by atomic mass is 16.4. The van der Waals surface area contributed by atoms with Crippen molar-refractivity contribution >= 4 is 11.9 Å². The van der Waals surface area contributed by atoms with Gasteiger partial charge in [-0.1, -0.05) is 20.8 Å². The van der Waals surface area contributed by atoms with Crippen LogP contribution in [0.1, 0.15) is 20.8 Å². The van der Waals surface area contributed by atoms with Gasteiger partial charge in [-0.2, -0.15) is 0 Å². The standard InChI is InChI=1S/C13H19N3O5/c1-13(2,3)10(11(19)20)14-8(17)7-16-6-5-9(18)15(4)12(16)21/h5-6,10H,7H2,1-4H3,(H,14,17)(H,19,20). The Morgan fingerprint density at radius 3 is 2.38 bits per heavy atom. The van der Waals surface area contributed by atoms with E-state index >= 15 is 0 Å². The summed E-state index contributed by atoms with van der Waals surface area (Å²) in [7, 11) is 1.30. The molecule has 0 aliphatic rings. The lowest BCUT2D eigenvalue weighted by Crippen LogP contribution is -2.50. The second-order valence-corrected chi connectivity index (χ2v) is 5.83. The van der Waals surface area contributed by atoms with Crippen molar-refractivity contribution in [1.29, 1.82) is 0 Å². The zero-order chi connectivity index (χ0) is 16.4. The third-order valence-corrected chi connectivity index (χ3v) is 2.99. The third kappa shape index (κ3) is 4.04. The monoisotopic (exact) mass is 297 g/mol. The summed E-state index contributed by atoms with van der Waals surface area (Å²) in [5, 5.41) is 11.5. The molecule has 1 amide bonds. The number of amides is 1. The van der Waals surface area contributed by atoms with Gasteiger partial charge in [0.25, 0.3) is 5.56 Å². The smallest absolute Gasteiger partial charge is 0.331 e. The number of aromatic nitrogens is 2. The van der Waals surface area contributed by atoms with Crippen LogP contribution in [-0.4, -0.2) is 32.2 Å². The fourth-order valence-corrected chi connectivity index (χ4v) is 1.75. The van der Waals surface area contributed by atoms with E-state index in [0.717, 1.165) is 15.2 Å². The number of carbonyl (C=O) groups excluding carboxylic acids is 1. The summed E-state index contributed by atoms with van der Waals surface area (Å²) in [6.07, 6.45) is 1.21. The van der Waals surface area contributed by atoms with Crippen LogP contribution in [0.4, 0.5) is 0 Å². The Bertz CT molecular complexity index is 666. The fraction of sp³-hybridized carbons (Fsp3) is 0.538. The number of carbonyl (C=O) groups is 2. The van der Waals surface area contributed by atoms with Crippen LogP contribution in [-0.2, 0) is 23.2 Å². The van der Waals surface area contributed by atoms with Crippen molar-refractivity contribution in [2.75, 3.05) is 0 Å². The fourth-order valence-electron chi connectivity index (χ4n) is 1.75. The number of carboxylic acids is 1. The van der Waals surface area contributed by atoms with Gasteiger partial charge < -0.3 is 10.4 Å². The minimum absolute atomic E-state index is 0.354. The van der Waals surface area contributed by atoms with Gasteiger partial charge in [-0.05, 0) is 5.41 Å². The van der Waals surface area contributed by atoms with Crippen LogP contribution in [0, 0.1) is 5.41 Å². The summed E-state index contributed by atoms with van der Waals surface area (Å²) < 4.78 is 1.91. The highest BCUT2D eigenvalue weighted by Gasteiger charge is 2.32. The summed E-state index contributed by atoms with van der Waals surface area (Å²) in [6.45, 7) is 4.70. The Balaban J connectivity index is 2.93. The Hall–Kier alpha value is -2.38. The van der Waals surface area contributed by atoms with Crippen LogP contribution in [0.3, 0.4) is 0 Å². The molecule has 0 aliphatic heterocycles. The van der Waals surface area contributed by atoms with E-state index in [-0.39, 0.29) is 6.54 Å². The maximum absolute atomic E-state index is 11.9. The lowest BCUT2D eigenvalue weighted by Gasteiger charge is -2.27. The summed E-state index contributed by atoms with van der Waals surface area (Å²) in [4.78, 5) is 46.1. The van der Waals surface area contributed by atoms with Crippen molar-refractivity contribution in [3.05, 3.63) is 33.1 Å². The number of aliphatic carboxylic acids is 1. The van der Waals surface area contributed by atoms with Gasteiger partial charge >= 0.3 is 11.7 Å². The van der Waals surface area contributed by atoms with Gasteiger partial charge in [0.1, 0.15) is 12.6 Å². The molecular weight excluding hydrogens is 278 g/mol. The molecule has 116 valence electrons. The average molecular weight is 297 g/mol. The molecule has 0 saturated carbocycles. The van der Waals surface area contributed by atoms with E-state index in [9.17, 15) is 19.2 Å². The predicted octanol–water partition coefficient (Wildman–Crippen LogP) is -0.837. The van der Waals surface area contributed by atoms with E-state index < -0.39 is 34.6 Å². The highest BCUT2D eigenvalue weighted by molar-refractivity contribution is 5.83. The zero-order valence-electron chi connectivity index (χ0n) is 12.4. The normalized spacial score (nSPS) is 12.8. The first-order valence-corrected chi connectivity index (χ1v) is 6.32. The molecule has 8 heteroatoms. The molecule has 2 N–H and O–H groups in total. The number of nitrogens with one attached hydrogen (secondary N) is 1. The van der Waals surface area contributed by atoms with Crippen molar-refractivity contribution < 1.29 is 14.7 Å². The van der Waals surface area contributed by atoms with Crippen molar-refractivity contribution in [2.45, 2.75) is 33.4 Å².